The Morgan fingerprint density at radius 1 is 1.27 bits per heavy atom. The summed E-state index contributed by atoms with van der Waals surface area (Å²) in [6.07, 6.45) is 3.46. The Bertz CT molecular complexity index is 697. The molecule has 1 unspecified atom stereocenters. The highest BCUT2D eigenvalue weighted by Crippen LogP contribution is 2.28. The van der Waals surface area contributed by atoms with E-state index >= 15 is 0 Å². The van der Waals surface area contributed by atoms with Gasteiger partial charge in [-0.1, -0.05) is 24.3 Å². The average Bonchev–Trinajstić information content (AvgIpc) is 2.51. The van der Waals surface area contributed by atoms with E-state index in [1.54, 1.807) is 12.1 Å². The molecule has 0 aliphatic heterocycles. The molecule has 1 heterocycles. The number of aromatic nitrogens is 1. The molecular weight excluding hydrogens is 276 g/mol. The van der Waals surface area contributed by atoms with Crippen LogP contribution in [0, 0.1) is 12.8 Å². The third kappa shape index (κ3) is 3.27. The number of carbonyl (C=O) groups is 1. The molecular formula is C18H20N2O2. The number of pyridine rings is 1. The number of anilines is 1. The van der Waals surface area contributed by atoms with Crippen LogP contribution < -0.4 is 5.32 Å². The molecule has 1 atom stereocenters. The summed E-state index contributed by atoms with van der Waals surface area (Å²) in [5, 5.41) is 12.5. The van der Waals surface area contributed by atoms with E-state index in [9.17, 15) is 9.90 Å². The second-order valence-electron chi connectivity index (χ2n) is 5.95. The van der Waals surface area contributed by atoms with E-state index in [2.05, 4.69) is 34.6 Å². The number of aromatic hydroxyl groups is 1. The number of benzene rings is 1. The van der Waals surface area contributed by atoms with E-state index in [0.717, 1.165) is 25.0 Å². The molecule has 0 saturated carbocycles. The Kier molecular flexibility index (Phi) is 4.09. The molecule has 0 fully saturated rings. The van der Waals surface area contributed by atoms with E-state index in [4.69, 9.17) is 0 Å². The van der Waals surface area contributed by atoms with Crippen LogP contribution in [-0.4, -0.2) is 16.0 Å². The Labute approximate surface area is 130 Å². The fraction of sp³-hybridized carbons (Fsp3) is 0.333. The van der Waals surface area contributed by atoms with Crippen molar-refractivity contribution in [3.8, 4) is 5.75 Å². The lowest BCUT2D eigenvalue weighted by Gasteiger charge is -2.24. The van der Waals surface area contributed by atoms with Crippen LogP contribution in [-0.2, 0) is 17.6 Å². The van der Waals surface area contributed by atoms with Gasteiger partial charge >= 0.3 is 0 Å². The van der Waals surface area contributed by atoms with Crippen LogP contribution in [0.2, 0.25) is 0 Å². The van der Waals surface area contributed by atoms with Gasteiger partial charge in [-0.3, -0.25) is 4.79 Å². The van der Waals surface area contributed by atoms with Crippen LogP contribution in [0.15, 0.2) is 36.4 Å². The molecule has 1 amide bonds. The highest BCUT2D eigenvalue weighted by molar-refractivity contribution is 5.91. The average molecular weight is 296 g/mol. The fourth-order valence-corrected chi connectivity index (χ4v) is 3.03. The van der Waals surface area contributed by atoms with Crippen molar-refractivity contribution < 1.29 is 9.90 Å². The maximum atomic E-state index is 12.2. The van der Waals surface area contributed by atoms with Crippen molar-refractivity contribution in [1.29, 1.82) is 0 Å². The first kappa shape index (κ1) is 14.6. The number of hydrogen-bond donors (Lipinski definition) is 2. The zero-order chi connectivity index (χ0) is 15.5. The molecule has 0 radical (unpaired) electrons. The molecule has 4 heteroatoms. The van der Waals surface area contributed by atoms with Crippen LogP contribution in [0.1, 0.15) is 29.7 Å². The van der Waals surface area contributed by atoms with Crippen molar-refractivity contribution in [3.05, 3.63) is 53.2 Å². The third-order valence-corrected chi connectivity index (χ3v) is 4.19. The quantitative estimate of drug-likeness (QED) is 0.914. The maximum absolute atomic E-state index is 12.2. The minimum Gasteiger partial charge on any atom is -0.504 e. The summed E-state index contributed by atoms with van der Waals surface area (Å²) in [6.45, 7) is 1.83. The zero-order valence-corrected chi connectivity index (χ0v) is 12.7. The summed E-state index contributed by atoms with van der Waals surface area (Å²) in [6, 6.07) is 11.7. The van der Waals surface area contributed by atoms with Crippen molar-refractivity contribution in [3.63, 3.8) is 0 Å². The largest absolute Gasteiger partial charge is 0.504 e. The summed E-state index contributed by atoms with van der Waals surface area (Å²) >= 11 is 0. The molecule has 0 saturated heterocycles. The molecule has 2 N–H and O–H groups in total. The van der Waals surface area contributed by atoms with Gasteiger partial charge in [0.25, 0.3) is 0 Å². The zero-order valence-electron chi connectivity index (χ0n) is 12.7. The second-order valence-corrected chi connectivity index (χ2v) is 5.95. The topological polar surface area (TPSA) is 62.2 Å². The van der Waals surface area contributed by atoms with Gasteiger partial charge in [-0.15, -0.1) is 0 Å². The molecule has 0 bridgehead atoms. The number of fused-ring (bicyclic) bond motifs is 1. The minimum absolute atomic E-state index is 0.00735. The Morgan fingerprint density at radius 2 is 2.05 bits per heavy atom. The smallest absolute Gasteiger partial charge is 0.225 e. The first-order valence-electron chi connectivity index (χ1n) is 7.65. The predicted octanol–water partition coefficient (Wildman–Crippen LogP) is 3.23. The van der Waals surface area contributed by atoms with Crippen LogP contribution in [0.25, 0.3) is 0 Å². The van der Waals surface area contributed by atoms with Gasteiger partial charge in [0.05, 0.1) is 0 Å². The standard InChI is InChI=1S/C18H20N2O2/c1-12-6-9-16(21)18(19-12)20-17(22)11-13-7-8-14-4-2-3-5-15(14)10-13/h2-6,9,13,21H,7-8,10-11H2,1H3,(H,19,20,22). The fourth-order valence-electron chi connectivity index (χ4n) is 3.03. The van der Waals surface area contributed by atoms with Gasteiger partial charge in [0.15, 0.2) is 11.6 Å². The molecule has 2 aromatic rings. The lowest BCUT2D eigenvalue weighted by molar-refractivity contribution is -0.117. The monoisotopic (exact) mass is 296 g/mol. The summed E-state index contributed by atoms with van der Waals surface area (Å²) in [5.41, 5.74) is 3.51. The molecule has 114 valence electrons. The highest BCUT2D eigenvalue weighted by atomic mass is 16.3. The van der Waals surface area contributed by atoms with Gasteiger partial charge in [0.1, 0.15) is 0 Å². The first-order chi connectivity index (χ1) is 10.6. The van der Waals surface area contributed by atoms with E-state index in [1.807, 2.05) is 6.92 Å². The van der Waals surface area contributed by atoms with Gasteiger partial charge < -0.3 is 10.4 Å². The van der Waals surface area contributed by atoms with Crippen molar-refractivity contribution in [1.82, 2.24) is 4.98 Å². The number of carbonyl (C=O) groups excluding carboxylic acids is 1. The first-order valence-corrected chi connectivity index (χ1v) is 7.65. The minimum atomic E-state index is -0.0854. The molecule has 4 nitrogen and oxygen atoms in total. The molecule has 1 aromatic carbocycles. The lowest BCUT2D eigenvalue weighted by Crippen LogP contribution is -2.22. The van der Waals surface area contributed by atoms with Crippen molar-refractivity contribution in [2.45, 2.75) is 32.6 Å². The normalized spacial score (nSPS) is 16.9. The highest BCUT2D eigenvalue weighted by Gasteiger charge is 2.21. The van der Waals surface area contributed by atoms with Gasteiger partial charge in [0, 0.05) is 12.1 Å². The van der Waals surface area contributed by atoms with Gasteiger partial charge in [-0.25, -0.2) is 4.98 Å². The second kappa shape index (κ2) is 6.18. The van der Waals surface area contributed by atoms with Gasteiger partial charge in [-0.2, -0.15) is 0 Å². The molecule has 0 spiro atoms. The third-order valence-electron chi connectivity index (χ3n) is 4.19. The molecule has 1 aliphatic rings. The summed E-state index contributed by atoms with van der Waals surface area (Å²) in [4.78, 5) is 16.4. The summed E-state index contributed by atoms with van der Waals surface area (Å²) < 4.78 is 0. The Morgan fingerprint density at radius 3 is 2.86 bits per heavy atom. The summed E-state index contributed by atoms with van der Waals surface area (Å²) in [7, 11) is 0. The molecule has 1 aliphatic carbocycles. The molecule has 22 heavy (non-hydrogen) atoms. The van der Waals surface area contributed by atoms with Gasteiger partial charge in [-0.05, 0) is 55.4 Å². The number of hydrogen-bond acceptors (Lipinski definition) is 3. The molecule has 3 rings (SSSR count). The van der Waals surface area contributed by atoms with E-state index < -0.39 is 0 Å². The van der Waals surface area contributed by atoms with Crippen LogP contribution in [0.4, 0.5) is 5.82 Å². The van der Waals surface area contributed by atoms with Crippen molar-refractivity contribution >= 4 is 11.7 Å². The number of amides is 1. The number of rotatable bonds is 3. The summed E-state index contributed by atoms with van der Waals surface area (Å²) in [5.74, 6) is 0.522. The Hall–Kier alpha value is -2.36. The number of nitrogens with one attached hydrogen (secondary N) is 1. The van der Waals surface area contributed by atoms with Crippen LogP contribution in [0.3, 0.4) is 0 Å². The van der Waals surface area contributed by atoms with Crippen LogP contribution >= 0.6 is 0 Å². The number of aryl methyl sites for hydroxylation is 2. The van der Waals surface area contributed by atoms with Crippen molar-refractivity contribution in [2.24, 2.45) is 5.92 Å². The van der Waals surface area contributed by atoms with E-state index in [1.165, 1.54) is 11.1 Å². The SMILES string of the molecule is Cc1ccc(O)c(NC(=O)CC2CCc3ccccc3C2)n1. The Balaban J connectivity index is 1.62. The van der Waals surface area contributed by atoms with E-state index in [-0.39, 0.29) is 17.5 Å². The lowest BCUT2D eigenvalue weighted by atomic mass is 9.82. The predicted molar refractivity (Wildman–Crippen MR) is 85.8 cm³/mol. The van der Waals surface area contributed by atoms with Gasteiger partial charge in [0.2, 0.25) is 5.91 Å². The van der Waals surface area contributed by atoms with Crippen molar-refractivity contribution in [2.75, 3.05) is 5.32 Å². The number of nitrogens with zero attached hydrogens (tertiary/aromatic N) is 1. The molecule has 1 aromatic heterocycles. The van der Waals surface area contributed by atoms with Crippen LogP contribution in [0.5, 0.6) is 5.75 Å². The maximum Gasteiger partial charge on any atom is 0.225 e. The van der Waals surface area contributed by atoms with E-state index in [0.29, 0.717) is 12.3 Å².